The lowest BCUT2D eigenvalue weighted by molar-refractivity contribution is -0.143. The molecule has 1 aliphatic heterocycles. The molecule has 1 saturated heterocycles. The Morgan fingerprint density at radius 2 is 1.69 bits per heavy atom. The number of amides is 1. The van der Waals surface area contributed by atoms with E-state index >= 15 is 0 Å². The van der Waals surface area contributed by atoms with E-state index in [0.717, 1.165) is 50.8 Å². The third-order valence-corrected chi connectivity index (χ3v) is 6.38. The van der Waals surface area contributed by atoms with Crippen molar-refractivity contribution in [1.29, 1.82) is 0 Å². The number of carbonyl (C=O) groups is 2. The molecular formula is C22H31NO3. The Labute approximate surface area is 156 Å². The number of benzene rings is 1. The fourth-order valence-corrected chi connectivity index (χ4v) is 4.66. The molecule has 0 spiro atoms. The van der Waals surface area contributed by atoms with Gasteiger partial charge >= 0.3 is 5.97 Å². The molecule has 1 saturated carbocycles. The predicted molar refractivity (Wildman–Crippen MR) is 102 cm³/mol. The van der Waals surface area contributed by atoms with Gasteiger partial charge in [-0.3, -0.25) is 4.79 Å². The van der Waals surface area contributed by atoms with Crippen LogP contribution >= 0.6 is 0 Å². The summed E-state index contributed by atoms with van der Waals surface area (Å²) in [5, 5.41) is 9.35. The van der Waals surface area contributed by atoms with Gasteiger partial charge in [-0.1, -0.05) is 50.8 Å². The molecule has 1 aromatic rings. The van der Waals surface area contributed by atoms with E-state index in [1.165, 1.54) is 25.7 Å². The highest BCUT2D eigenvalue weighted by Gasteiger charge is 2.37. The highest BCUT2D eigenvalue weighted by Crippen LogP contribution is 2.37. The maximum Gasteiger partial charge on any atom is 0.335 e. The fourth-order valence-electron chi connectivity index (χ4n) is 4.66. The van der Waals surface area contributed by atoms with Crippen LogP contribution in [0.15, 0.2) is 24.3 Å². The molecule has 0 bridgehead atoms. The van der Waals surface area contributed by atoms with Gasteiger partial charge in [0.2, 0.25) is 5.91 Å². The van der Waals surface area contributed by atoms with Crippen molar-refractivity contribution in [2.45, 2.75) is 64.7 Å². The minimum Gasteiger partial charge on any atom is -0.478 e. The Kier molecular flexibility index (Phi) is 6.00. The molecule has 0 aromatic heterocycles. The minimum absolute atomic E-state index is 0.167. The molecule has 26 heavy (non-hydrogen) atoms. The maximum absolute atomic E-state index is 13.1. The van der Waals surface area contributed by atoms with Gasteiger partial charge in [-0.25, -0.2) is 4.79 Å². The molecule has 142 valence electrons. The average Bonchev–Trinajstić information content (AvgIpc) is 2.87. The van der Waals surface area contributed by atoms with E-state index in [1.807, 2.05) is 12.1 Å². The SMILES string of the molecule is CC1(C(=O)N2CCC(Cc3ccccc3C(=O)O)CC2)CCCCCC1. The zero-order valence-corrected chi connectivity index (χ0v) is 15.9. The molecule has 2 aliphatic rings. The second-order valence-electron chi connectivity index (χ2n) is 8.38. The van der Waals surface area contributed by atoms with Crippen molar-refractivity contribution >= 4 is 11.9 Å². The van der Waals surface area contributed by atoms with Crippen LogP contribution in [0.1, 0.15) is 74.2 Å². The molecule has 1 aliphatic carbocycles. The van der Waals surface area contributed by atoms with Crippen molar-refractivity contribution in [2.24, 2.45) is 11.3 Å². The summed E-state index contributed by atoms with van der Waals surface area (Å²) in [5.41, 5.74) is 1.16. The molecule has 1 amide bonds. The third kappa shape index (κ3) is 4.28. The molecule has 0 radical (unpaired) electrons. The third-order valence-electron chi connectivity index (χ3n) is 6.38. The summed E-state index contributed by atoms with van der Waals surface area (Å²) in [5.74, 6) is -0.0419. The zero-order chi connectivity index (χ0) is 18.6. The fraction of sp³-hybridized carbons (Fsp3) is 0.636. The van der Waals surface area contributed by atoms with Crippen molar-refractivity contribution in [3.63, 3.8) is 0 Å². The van der Waals surface area contributed by atoms with Crippen LogP contribution in [0.2, 0.25) is 0 Å². The number of hydrogen-bond acceptors (Lipinski definition) is 2. The summed E-state index contributed by atoms with van der Waals surface area (Å²) >= 11 is 0. The van der Waals surface area contributed by atoms with Gasteiger partial charge in [0.25, 0.3) is 0 Å². The lowest BCUT2D eigenvalue weighted by Gasteiger charge is -2.38. The Bertz CT molecular complexity index is 639. The van der Waals surface area contributed by atoms with Crippen LogP contribution in [-0.2, 0) is 11.2 Å². The van der Waals surface area contributed by atoms with Gasteiger partial charge in [0.1, 0.15) is 0 Å². The first-order valence-electron chi connectivity index (χ1n) is 10.1. The lowest BCUT2D eigenvalue weighted by Crippen LogP contribution is -2.46. The van der Waals surface area contributed by atoms with Crippen molar-refractivity contribution in [1.82, 2.24) is 4.90 Å². The van der Waals surface area contributed by atoms with Gasteiger partial charge in [0.05, 0.1) is 5.56 Å². The summed E-state index contributed by atoms with van der Waals surface area (Å²) in [6.07, 6.45) is 9.64. The topological polar surface area (TPSA) is 57.6 Å². The smallest absolute Gasteiger partial charge is 0.335 e. The number of nitrogens with zero attached hydrogens (tertiary/aromatic N) is 1. The second-order valence-corrected chi connectivity index (χ2v) is 8.38. The van der Waals surface area contributed by atoms with E-state index < -0.39 is 5.97 Å². The summed E-state index contributed by atoms with van der Waals surface area (Å²) in [6, 6.07) is 7.30. The summed E-state index contributed by atoms with van der Waals surface area (Å²) in [6.45, 7) is 3.79. The second kappa shape index (κ2) is 8.24. The van der Waals surface area contributed by atoms with Gasteiger partial charge in [0, 0.05) is 18.5 Å². The van der Waals surface area contributed by atoms with Crippen molar-refractivity contribution in [3.05, 3.63) is 35.4 Å². The van der Waals surface area contributed by atoms with E-state index in [0.29, 0.717) is 17.4 Å². The van der Waals surface area contributed by atoms with Crippen LogP contribution in [0.3, 0.4) is 0 Å². The molecule has 0 unspecified atom stereocenters. The number of likely N-dealkylation sites (tertiary alicyclic amines) is 1. The van der Waals surface area contributed by atoms with Gasteiger partial charge in [-0.05, 0) is 49.7 Å². The number of aromatic carboxylic acids is 1. The Morgan fingerprint density at radius 1 is 1.08 bits per heavy atom. The van der Waals surface area contributed by atoms with Crippen molar-refractivity contribution in [2.75, 3.05) is 13.1 Å². The molecule has 1 heterocycles. The predicted octanol–water partition coefficient (Wildman–Crippen LogP) is 4.53. The summed E-state index contributed by atoms with van der Waals surface area (Å²) in [7, 11) is 0. The number of piperidine rings is 1. The molecule has 3 rings (SSSR count). The van der Waals surface area contributed by atoms with Crippen LogP contribution in [0, 0.1) is 11.3 Å². The van der Waals surface area contributed by atoms with Gasteiger partial charge in [0.15, 0.2) is 0 Å². The number of carboxylic acids is 1. The van der Waals surface area contributed by atoms with Crippen LogP contribution in [0.25, 0.3) is 0 Å². The Morgan fingerprint density at radius 3 is 2.31 bits per heavy atom. The number of carbonyl (C=O) groups excluding carboxylic acids is 1. The van der Waals surface area contributed by atoms with Crippen LogP contribution in [0.5, 0.6) is 0 Å². The average molecular weight is 357 g/mol. The van der Waals surface area contributed by atoms with Crippen LogP contribution in [-0.4, -0.2) is 35.0 Å². The van der Waals surface area contributed by atoms with E-state index in [2.05, 4.69) is 11.8 Å². The van der Waals surface area contributed by atoms with Gasteiger partial charge in [-0.15, -0.1) is 0 Å². The largest absolute Gasteiger partial charge is 0.478 e. The molecule has 2 fully saturated rings. The Hall–Kier alpha value is -1.84. The van der Waals surface area contributed by atoms with E-state index in [4.69, 9.17) is 0 Å². The summed E-state index contributed by atoms with van der Waals surface area (Å²) in [4.78, 5) is 26.5. The quantitative estimate of drug-likeness (QED) is 0.806. The van der Waals surface area contributed by atoms with E-state index in [1.54, 1.807) is 12.1 Å². The number of rotatable bonds is 4. The Balaban J connectivity index is 1.57. The normalized spacial score (nSPS) is 21.2. The number of hydrogen-bond donors (Lipinski definition) is 1. The van der Waals surface area contributed by atoms with Crippen molar-refractivity contribution < 1.29 is 14.7 Å². The first-order valence-corrected chi connectivity index (χ1v) is 10.1. The molecule has 1 N–H and O–H groups in total. The van der Waals surface area contributed by atoms with Crippen molar-refractivity contribution in [3.8, 4) is 0 Å². The monoisotopic (exact) mass is 357 g/mol. The maximum atomic E-state index is 13.1. The highest BCUT2D eigenvalue weighted by molar-refractivity contribution is 5.89. The van der Waals surface area contributed by atoms with E-state index in [-0.39, 0.29) is 5.41 Å². The summed E-state index contributed by atoms with van der Waals surface area (Å²) < 4.78 is 0. The van der Waals surface area contributed by atoms with Gasteiger partial charge < -0.3 is 10.0 Å². The molecule has 0 atom stereocenters. The first kappa shape index (κ1) is 18.9. The standard InChI is InChI=1S/C22H31NO3/c1-22(12-6-2-3-7-13-22)21(26)23-14-10-17(11-15-23)16-18-8-4-5-9-19(18)20(24)25/h4-5,8-9,17H,2-3,6-7,10-16H2,1H3,(H,24,25). The van der Waals surface area contributed by atoms with Gasteiger partial charge in [-0.2, -0.15) is 0 Å². The van der Waals surface area contributed by atoms with Crippen LogP contribution < -0.4 is 0 Å². The minimum atomic E-state index is -0.852. The molecule has 4 nitrogen and oxygen atoms in total. The number of carboxylic acid groups (broad SMARTS) is 1. The zero-order valence-electron chi connectivity index (χ0n) is 15.9. The molecule has 1 aromatic carbocycles. The van der Waals surface area contributed by atoms with E-state index in [9.17, 15) is 14.7 Å². The molecular weight excluding hydrogens is 326 g/mol. The highest BCUT2D eigenvalue weighted by atomic mass is 16.4. The first-order chi connectivity index (χ1) is 12.5. The van der Waals surface area contributed by atoms with Crippen LogP contribution in [0.4, 0.5) is 0 Å². The lowest BCUT2D eigenvalue weighted by atomic mass is 9.80. The molecule has 4 heteroatoms.